The van der Waals surface area contributed by atoms with E-state index in [1.54, 1.807) is 0 Å². The third kappa shape index (κ3) is 6.88. The highest BCUT2D eigenvalue weighted by atomic mass is 32.2. The Morgan fingerprint density at radius 3 is 2.63 bits per heavy atom. The molecule has 1 aliphatic rings. The van der Waals surface area contributed by atoms with E-state index in [1.807, 2.05) is 0 Å². The lowest BCUT2D eigenvalue weighted by Crippen LogP contribution is -2.31. The molecule has 0 fully saturated rings. The van der Waals surface area contributed by atoms with Gasteiger partial charge in [-0.25, -0.2) is 0 Å². The van der Waals surface area contributed by atoms with Crippen LogP contribution in [0.1, 0.15) is 58.4 Å². The summed E-state index contributed by atoms with van der Waals surface area (Å²) in [5.41, 5.74) is 1.47. The Morgan fingerprint density at radius 1 is 1.11 bits per heavy atom. The molecule has 0 nitrogen and oxygen atoms in total. The Labute approximate surface area is 171 Å². The van der Waals surface area contributed by atoms with Crippen molar-refractivity contribution in [1.82, 2.24) is 0 Å². The summed E-state index contributed by atoms with van der Waals surface area (Å²) in [6, 6.07) is 11.2. The zero-order chi connectivity index (χ0) is 19.4. The van der Waals surface area contributed by atoms with Crippen molar-refractivity contribution in [3.8, 4) is 0 Å². The number of hydrogen-bond donors (Lipinski definition) is 0. The molecule has 146 valence electrons. The average Bonchev–Trinajstić information content (AvgIpc) is 2.97. The van der Waals surface area contributed by atoms with Gasteiger partial charge in [-0.2, -0.15) is 0 Å². The zero-order valence-electron chi connectivity index (χ0n) is 17.3. The van der Waals surface area contributed by atoms with Gasteiger partial charge < -0.3 is 0 Å². The van der Waals surface area contributed by atoms with Gasteiger partial charge in [0.15, 0.2) is 0 Å². The Kier molecular flexibility index (Phi) is 9.77. The van der Waals surface area contributed by atoms with E-state index in [0.29, 0.717) is 5.92 Å². The Hall–Kier alpha value is -1.47. The van der Waals surface area contributed by atoms with Gasteiger partial charge in [-0.15, -0.1) is 11.8 Å². The van der Waals surface area contributed by atoms with E-state index in [9.17, 15) is 0 Å². The van der Waals surface area contributed by atoms with Gasteiger partial charge in [0.25, 0.3) is 0 Å². The first-order valence-corrected chi connectivity index (χ1v) is 11.5. The Morgan fingerprint density at radius 2 is 1.89 bits per heavy atom. The molecule has 0 radical (unpaired) electrons. The van der Waals surface area contributed by atoms with Crippen LogP contribution in [-0.4, -0.2) is 5.75 Å². The molecule has 0 bridgehead atoms. The molecule has 0 heterocycles. The second-order valence-corrected chi connectivity index (χ2v) is 9.18. The van der Waals surface area contributed by atoms with E-state index in [4.69, 9.17) is 0 Å². The van der Waals surface area contributed by atoms with Crippen LogP contribution in [0, 0.1) is 11.8 Å². The van der Waals surface area contributed by atoms with Crippen LogP contribution in [0.25, 0.3) is 0 Å². The first-order valence-electron chi connectivity index (χ1n) is 10.5. The maximum atomic E-state index is 2.45. The molecule has 2 rings (SSSR count). The van der Waals surface area contributed by atoms with Crippen molar-refractivity contribution in [2.24, 2.45) is 11.8 Å². The van der Waals surface area contributed by atoms with Crippen molar-refractivity contribution in [1.29, 1.82) is 0 Å². The monoisotopic (exact) mass is 380 g/mol. The van der Waals surface area contributed by atoms with Crippen molar-refractivity contribution < 1.29 is 0 Å². The fourth-order valence-electron chi connectivity index (χ4n) is 3.60. The van der Waals surface area contributed by atoms with Gasteiger partial charge in [-0.1, -0.05) is 99.7 Å². The fourth-order valence-corrected chi connectivity index (χ4v) is 5.48. The molecule has 0 N–H and O–H groups in total. The summed E-state index contributed by atoms with van der Waals surface area (Å²) in [5.74, 6) is 2.51. The van der Waals surface area contributed by atoms with Crippen molar-refractivity contribution in [3.05, 3.63) is 84.5 Å². The SMILES string of the molecule is CC/C=C\C=C/CC(SCCC(C)C)(c1ccccc1)C1C=CC=CCC1. The standard InChI is InChI=1S/C26H36S/c1-4-5-6-9-15-21-26(27-22-20-23(2)3,25-18-13-10-14-19-25)24-16-11-7-8-12-17-24/h5-11,13-16,18-19,23-24H,4,12,17,20-22H2,1-3H3/b6-5-,15-9-. The minimum Gasteiger partial charge on any atom is -0.149 e. The van der Waals surface area contributed by atoms with Crippen molar-refractivity contribution >= 4 is 11.8 Å². The summed E-state index contributed by atoms with van der Waals surface area (Å²) in [4.78, 5) is 0. The molecule has 0 saturated carbocycles. The van der Waals surface area contributed by atoms with Gasteiger partial charge >= 0.3 is 0 Å². The van der Waals surface area contributed by atoms with E-state index in [1.165, 1.54) is 24.2 Å². The van der Waals surface area contributed by atoms with E-state index >= 15 is 0 Å². The highest BCUT2D eigenvalue weighted by Crippen LogP contribution is 2.49. The second-order valence-electron chi connectivity index (χ2n) is 7.75. The maximum Gasteiger partial charge on any atom is 0.0505 e. The number of allylic oxidation sites excluding steroid dienone is 8. The summed E-state index contributed by atoms with van der Waals surface area (Å²) in [7, 11) is 0. The lowest BCUT2D eigenvalue weighted by molar-refractivity contribution is 0.437. The molecule has 2 unspecified atom stereocenters. The van der Waals surface area contributed by atoms with Crippen LogP contribution in [0.5, 0.6) is 0 Å². The highest BCUT2D eigenvalue weighted by Gasteiger charge is 2.38. The molecule has 1 aromatic rings. The van der Waals surface area contributed by atoms with Crippen LogP contribution < -0.4 is 0 Å². The molecule has 1 aliphatic carbocycles. The maximum absolute atomic E-state index is 2.45. The van der Waals surface area contributed by atoms with Gasteiger partial charge in [-0.05, 0) is 55.3 Å². The Bertz CT molecular complexity index is 635. The summed E-state index contributed by atoms with van der Waals surface area (Å²) >= 11 is 2.18. The van der Waals surface area contributed by atoms with E-state index < -0.39 is 0 Å². The number of thioether (sulfide) groups is 1. The summed E-state index contributed by atoms with van der Waals surface area (Å²) in [6.45, 7) is 6.84. The van der Waals surface area contributed by atoms with Gasteiger partial charge in [0.1, 0.15) is 0 Å². The summed E-state index contributed by atoms with van der Waals surface area (Å²) < 4.78 is 0.106. The third-order valence-electron chi connectivity index (χ3n) is 5.19. The van der Waals surface area contributed by atoms with E-state index in [0.717, 1.165) is 25.2 Å². The molecule has 0 spiro atoms. The van der Waals surface area contributed by atoms with Gasteiger partial charge in [0.2, 0.25) is 0 Å². The normalized spacial score (nSPS) is 19.8. The minimum absolute atomic E-state index is 0.106. The van der Waals surface area contributed by atoms with Crippen LogP contribution in [0.15, 0.2) is 78.9 Å². The summed E-state index contributed by atoms with van der Waals surface area (Å²) in [5, 5.41) is 0. The second kappa shape index (κ2) is 12.1. The highest BCUT2D eigenvalue weighted by molar-refractivity contribution is 8.00. The van der Waals surface area contributed by atoms with Crippen LogP contribution in [0.2, 0.25) is 0 Å². The summed E-state index contributed by atoms with van der Waals surface area (Å²) in [6.07, 6.45) is 24.1. The minimum atomic E-state index is 0.106. The molecule has 0 amide bonds. The molecular weight excluding hydrogens is 344 g/mol. The molecule has 1 heteroatoms. The lowest BCUT2D eigenvalue weighted by atomic mass is 9.80. The number of hydrogen-bond acceptors (Lipinski definition) is 1. The largest absolute Gasteiger partial charge is 0.149 e. The molecular formula is C26H36S. The van der Waals surface area contributed by atoms with Crippen LogP contribution in [0.4, 0.5) is 0 Å². The molecule has 0 aliphatic heterocycles. The Balaban J connectivity index is 2.36. The fraction of sp³-hybridized carbons (Fsp3) is 0.462. The first kappa shape index (κ1) is 21.8. The topological polar surface area (TPSA) is 0 Å². The van der Waals surface area contributed by atoms with E-state index in [-0.39, 0.29) is 4.75 Å². The predicted molar refractivity (Wildman–Crippen MR) is 124 cm³/mol. The van der Waals surface area contributed by atoms with Crippen molar-refractivity contribution in [3.63, 3.8) is 0 Å². The van der Waals surface area contributed by atoms with Crippen LogP contribution in [-0.2, 0) is 4.75 Å². The van der Waals surface area contributed by atoms with Gasteiger partial charge in [0.05, 0.1) is 4.75 Å². The lowest BCUT2D eigenvalue weighted by Gasteiger charge is -2.39. The third-order valence-corrected chi connectivity index (χ3v) is 6.85. The number of rotatable bonds is 10. The molecule has 27 heavy (non-hydrogen) atoms. The smallest absolute Gasteiger partial charge is 0.0505 e. The molecule has 1 aromatic carbocycles. The van der Waals surface area contributed by atoms with Gasteiger partial charge in [0, 0.05) is 0 Å². The van der Waals surface area contributed by atoms with Crippen molar-refractivity contribution in [2.45, 2.75) is 57.6 Å². The molecule has 0 aromatic heterocycles. The van der Waals surface area contributed by atoms with Crippen LogP contribution >= 0.6 is 11.8 Å². The zero-order valence-corrected chi connectivity index (χ0v) is 18.1. The molecule has 2 atom stereocenters. The predicted octanol–water partition coefficient (Wildman–Crippen LogP) is 8.10. The average molecular weight is 381 g/mol. The number of benzene rings is 1. The van der Waals surface area contributed by atoms with E-state index in [2.05, 4.69) is 111 Å². The van der Waals surface area contributed by atoms with Gasteiger partial charge in [-0.3, -0.25) is 0 Å². The molecule has 0 saturated heterocycles. The van der Waals surface area contributed by atoms with Crippen LogP contribution in [0.3, 0.4) is 0 Å². The quantitative estimate of drug-likeness (QED) is 0.369. The van der Waals surface area contributed by atoms with Crippen molar-refractivity contribution in [2.75, 3.05) is 5.75 Å². The first-order chi connectivity index (χ1) is 13.2.